The van der Waals surface area contributed by atoms with Crippen LogP contribution in [0.15, 0.2) is 12.1 Å². The van der Waals surface area contributed by atoms with Crippen molar-refractivity contribution in [3.63, 3.8) is 0 Å². The summed E-state index contributed by atoms with van der Waals surface area (Å²) in [4.78, 5) is 12.2. The Kier molecular flexibility index (Phi) is 4.25. The van der Waals surface area contributed by atoms with Gasteiger partial charge in [0.25, 0.3) is 0 Å². The highest BCUT2D eigenvalue weighted by Gasteiger charge is 2.27. The molecule has 1 aromatic rings. The zero-order chi connectivity index (χ0) is 14.9. The van der Waals surface area contributed by atoms with Gasteiger partial charge < -0.3 is 5.32 Å². The van der Waals surface area contributed by atoms with Gasteiger partial charge in [-0.15, -0.1) is 0 Å². The lowest BCUT2D eigenvalue weighted by atomic mass is 9.97. The minimum atomic E-state index is -3.10. The van der Waals surface area contributed by atoms with Crippen molar-refractivity contribution in [3.8, 4) is 0 Å². The third-order valence-corrected chi connectivity index (χ3v) is 5.18. The summed E-state index contributed by atoms with van der Waals surface area (Å²) < 4.78 is 37.0. The van der Waals surface area contributed by atoms with Crippen LogP contribution in [0.2, 0.25) is 0 Å². The van der Waals surface area contributed by atoms with Crippen LogP contribution in [0.25, 0.3) is 0 Å². The van der Waals surface area contributed by atoms with Gasteiger partial charge in [0.05, 0.1) is 17.1 Å². The number of halogens is 1. The van der Waals surface area contributed by atoms with Crippen LogP contribution in [0, 0.1) is 19.7 Å². The van der Waals surface area contributed by atoms with Crippen molar-refractivity contribution >= 4 is 15.6 Å². The first kappa shape index (κ1) is 15.1. The van der Waals surface area contributed by atoms with Crippen molar-refractivity contribution in [2.24, 2.45) is 0 Å². The van der Waals surface area contributed by atoms with Crippen LogP contribution in [0.1, 0.15) is 27.9 Å². The number of sulfone groups is 1. The number of Topliss-reactive ketones (excluding diaryl/α,β-unsaturated/α-hetero) is 1. The van der Waals surface area contributed by atoms with E-state index in [0.717, 1.165) is 5.56 Å². The highest BCUT2D eigenvalue weighted by atomic mass is 32.2. The van der Waals surface area contributed by atoms with Crippen LogP contribution in [-0.4, -0.2) is 38.3 Å². The molecule has 1 atom stereocenters. The first-order valence-corrected chi connectivity index (χ1v) is 8.34. The van der Waals surface area contributed by atoms with Crippen LogP contribution >= 0.6 is 0 Å². The third kappa shape index (κ3) is 3.43. The predicted octanol–water partition coefficient (Wildman–Crippen LogP) is 1.40. The lowest BCUT2D eigenvalue weighted by Crippen LogP contribution is -2.46. The molecule has 4 nitrogen and oxygen atoms in total. The number of ketones is 1. The molecule has 2 rings (SSSR count). The molecule has 0 aromatic heterocycles. The minimum absolute atomic E-state index is 0.0000505. The minimum Gasteiger partial charge on any atom is -0.312 e. The van der Waals surface area contributed by atoms with Gasteiger partial charge in [-0.05, 0) is 31.0 Å². The van der Waals surface area contributed by atoms with E-state index in [0.29, 0.717) is 12.1 Å². The monoisotopic (exact) mass is 299 g/mol. The van der Waals surface area contributed by atoms with E-state index in [9.17, 15) is 17.6 Å². The molecule has 0 amide bonds. The topological polar surface area (TPSA) is 63.2 Å². The van der Waals surface area contributed by atoms with Gasteiger partial charge in [0.15, 0.2) is 15.6 Å². The Bertz CT molecular complexity index is 617. The summed E-state index contributed by atoms with van der Waals surface area (Å²) in [6.45, 7) is 3.80. The van der Waals surface area contributed by atoms with Crippen molar-refractivity contribution in [1.82, 2.24) is 5.32 Å². The van der Waals surface area contributed by atoms with Crippen molar-refractivity contribution in [2.45, 2.75) is 26.3 Å². The van der Waals surface area contributed by atoms with Gasteiger partial charge in [-0.2, -0.15) is 0 Å². The predicted molar refractivity (Wildman–Crippen MR) is 75.3 cm³/mol. The van der Waals surface area contributed by atoms with E-state index < -0.39 is 21.7 Å². The summed E-state index contributed by atoms with van der Waals surface area (Å²) in [5.74, 6) is -0.860. The second-order valence-electron chi connectivity index (χ2n) is 5.33. The Hall–Kier alpha value is -1.27. The Balaban J connectivity index is 2.17. The number of benzene rings is 1. The molecule has 1 aromatic carbocycles. The second kappa shape index (κ2) is 5.61. The van der Waals surface area contributed by atoms with Crippen molar-refractivity contribution < 1.29 is 17.6 Å². The molecule has 0 saturated carbocycles. The maximum absolute atomic E-state index is 13.9. The van der Waals surface area contributed by atoms with Crippen LogP contribution in [0.4, 0.5) is 4.39 Å². The summed E-state index contributed by atoms with van der Waals surface area (Å²) in [5, 5.41) is 3.00. The number of nitrogens with one attached hydrogen (secondary N) is 1. The largest absolute Gasteiger partial charge is 0.312 e. The standard InChI is InChI=1S/C14H18FNO3S/c1-9-5-10(2)14(12(15)6-9)13(17)7-11-8-20(18,19)4-3-16-11/h5-6,11,16H,3-4,7-8H2,1-2H3. The highest BCUT2D eigenvalue weighted by molar-refractivity contribution is 7.91. The molecule has 1 aliphatic rings. The molecule has 1 heterocycles. The fraction of sp³-hybridized carbons (Fsp3) is 0.500. The Labute approximate surface area is 118 Å². The molecule has 0 aliphatic carbocycles. The average Bonchev–Trinajstić information content (AvgIpc) is 2.25. The molecule has 1 unspecified atom stereocenters. The molecular weight excluding hydrogens is 281 g/mol. The summed E-state index contributed by atoms with van der Waals surface area (Å²) in [5.41, 5.74) is 1.42. The van der Waals surface area contributed by atoms with Crippen molar-refractivity contribution in [2.75, 3.05) is 18.1 Å². The summed E-state index contributed by atoms with van der Waals surface area (Å²) in [6, 6.07) is 2.65. The van der Waals surface area contributed by atoms with Gasteiger partial charge >= 0.3 is 0 Å². The van der Waals surface area contributed by atoms with Gasteiger partial charge in [0.2, 0.25) is 0 Å². The summed E-state index contributed by atoms with van der Waals surface area (Å²) >= 11 is 0. The van der Waals surface area contributed by atoms with E-state index >= 15 is 0 Å². The lowest BCUT2D eigenvalue weighted by molar-refractivity contribution is 0.0967. The number of hydrogen-bond acceptors (Lipinski definition) is 4. The fourth-order valence-electron chi connectivity index (χ4n) is 2.59. The molecule has 1 fully saturated rings. The van der Waals surface area contributed by atoms with E-state index in [1.54, 1.807) is 19.9 Å². The first-order chi connectivity index (χ1) is 9.28. The maximum atomic E-state index is 13.9. The maximum Gasteiger partial charge on any atom is 0.167 e. The summed E-state index contributed by atoms with van der Waals surface area (Å²) in [6.07, 6.45) is 0.0000505. The van der Waals surface area contributed by atoms with E-state index in [1.165, 1.54) is 6.07 Å². The smallest absolute Gasteiger partial charge is 0.167 e. The number of carbonyl (C=O) groups is 1. The van der Waals surface area contributed by atoms with Crippen LogP contribution in [0.5, 0.6) is 0 Å². The summed E-state index contributed by atoms with van der Waals surface area (Å²) in [7, 11) is -3.10. The Morgan fingerprint density at radius 1 is 1.40 bits per heavy atom. The molecule has 20 heavy (non-hydrogen) atoms. The molecule has 0 bridgehead atoms. The van der Waals surface area contributed by atoms with E-state index in [1.807, 2.05) is 0 Å². The second-order valence-corrected chi connectivity index (χ2v) is 7.56. The van der Waals surface area contributed by atoms with E-state index in [4.69, 9.17) is 0 Å². The normalized spacial score (nSPS) is 21.6. The molecule has 1 aliphatic heterocycles. The van der Waals surface area contributed by atoms with Gasteiger partial charge in [-0.3, -0.25) is 4.79 Å². The average molecular weight is 299 g/mol. The van der Waals surface area contributed by atoms with Crippen molar-refractivity contribution in [1.29, 1.82) is 0 Å². The SMILES string of the molecule is Cc1cc(C)c(C(=O)CC2CS(=O)(=O)CCN2)c(F)c1. The molecular formula is C14H18FNO3S. The zero-order valence-electron chi connectivity index (χ0n) is 11.6. The van der Waals surface area contributed by atoms with Crippen LogP contribution in [-0.2, 0) is 9.84 Å². The first-order valence-electron chi connectivity index (χ1n) is 6.52. The quantitative estimate of drug-likeness (QED) is 0.857. The third-order valence-electron chi connectivity index (χ3n) is 3.44. The lowest BCUT2D eigenvalue weighted by Gasteiger charge is -2.23. The van der Waals surface area contributed by atoms with Gasteiger partial charge in [0.1, 0.15) is 5.82 Å². The molecule has 1 saturated heterocycles. The molecule has 0 spiro atoms. The number of carbonyl (C=O) groups excluding carboxylic acids is 1. The van der Waals surface area contributed by atoms with Crippen LogP contribution in [0.3, 0.4) is 0 Å². The number of hydrogen-bond donors (Lipinski definition) is 1. The molecule has 6 heteroatoms. The Morgan fingerprint density at radius 3 is 2.70 bits per heavy atom. The van der Waals surface area contributed by atoms with E-state index in [2.05, 4.69) is 5.32 Å². The van der Waals surface area contributed by atoms with Gasteiger partial charge in [-0.25, -0.2) is 12.8 Å². The van der Waals surface area contributed by atoms with Crippen LogP contribution < -0.4 is 5.32 Å². The molecule has 1 N–H and O–H groups in total. The van der Waals surface area contributed by atoms with Crippen molar-refractivity contribution in [3.05, 3.63) is 34.6 Å². The number of aryl methyl sites for hydroxylation is 2. The molecule has 0 radical (unpaired) electrons. The van der Waals surface area contributed by atoms with E-state index in [-0.39, 0.29) is 29.3 Å². The zero-order valence-corrected chi connectivity index (χ0v) is 12.4. The highest BCUT2D eigenvalue weighted by Crippen LogP contribution is 2.19. The Morgan fingerprint density at radius 2 is 2.10 bits per heavy atom. The fourth-order valence-corrected chi connectivity index (χ4v) is 4.04. The van der Waals surface area contributed by atoms with Gasteiger partial charge in [0, 0.05) is 19.0 Å². The molecule has 110 valence electrons. The number of rotatable bonds is 3. The van der Waals surface area contributed by atoms with Gasteiger partial charge in [-0.1, -0.05) is 6.07 Å².